The van der Waals surface area contributed by atoms with Crippen LogP contribution in [-0.2, 0) is 6.42 Å². The van der Waals surface area contributed by atoms with Crippen molar-refractivity contribution in [2.24, 2.45) is 5.92 Å². The third kappa shape index (κ3) is 3.73. The Labute approximate surface area is 120 Å². The molecule has 2 rings (SSSR count). The van der Waals surface area contributed by atoms with Gasteiger partial charge < -0.3 is 4.42 Å². The van der Waals surface area contributed by atoms with E-state index in [0.29, 0.717) is 5.92 Å². The number of aromatic nitrogens is 1. The SMILES string of the molecule is CCCCC(CC)C(Cl)Cc1nc2ccccc2o1. The van der Waals surface area contributed by atoms with E-state index in [1.807, 2.05) is 24.3 Å². The van der Waals surface area contributed by atoms with Gasteiger partial charge in [0.25, 0.3) is 0 Å². The summed E-state index contributed by atoms with van der Waals surface area (Å²) in [4.78, 5) is 4.50. The third-order valence-electron chi connectivity index (χ3n) is 3.67. The predicted octanol–water partition coefficient (Wildman–Crippen LogP) is 5.19. The van der Waals surface area contributed by atoms with Gasteiger partial charge in [-0.1, -0.05) is 45.2 Å². The van der Waals surface area contributed by atoms with Crippen LogP contribution in [0.3, 0.4) is 0 Å². The molecule has 3 heteroatoms. The summed E-state index contributed by atoms with van der Waals surface area (Å²) in [6.45, 7) is 4.43. The molecule has 0 radical (unpaired) electrons. The third-order valence-corrected chi connectivity index (χ3v) is 4.18. The molecular formula is C16H22ClNO. The van der Waals surface area contributed by atoms with Crippen LogP contribution < -0.4 is 0 Å². The highest BCUT2D eigenvalue weighted by molar-refractivity contribution is 6.20. The summed E-state index contributed by atoms with van der Waals surface area (Å²) in [6, 6.07) is 7.86. The smallest absolute Gasteiger partial charge is 0.196 e. The summed E-state index contributed by atoms with van der Waals surface area (Å²) in [5.41, 5.74) is 1.77. The van der Waals surface area contributed by atoms with E-state index >= 15 is 0 Å². The molecule has 1 aromatic heterocycles. The lowest BCUT2D eigenvalue weighted by Gasteiger charge is -2.19. The highest BCUT2D eigenvalue weighted by Crippen LogP contribution is 2.25. The average Bonchev–Trinajstić information content (AvgIpc) is 2.81. The molecule has 104 valence electrons. The van der Waals surface area contributed by atoms with Crippen molar-refractivity contribution in [2.45, 2.75) is 51.3 Å². The van der Waals surface area contributed by atoms with E-state index in [0.717, 1.165) is 29.8 Å². The zero-order valence-electron chi connectivity index (χ0n) is 11.7. The molecule has 0 aliphatic heterocycles. The molecule has 0 aliphatic rings. The Kier molecular flexibility index (Phi) is 5.26. The van der Waals surface area contributed by atoms with Crippen molar-refractivity contribution in [3.8, 4) is 0 Å². The van der Waals surface area contributed by atoms with Crippen molar-refractivity contribution in [1.82, 2.24) is 4.98 Å². The Morgan fingerprint density at radius 2 is 2.05 bits per heavy atom. The number of unbranched alkanes of at least 4 members (excludes halogenated alkanes) is 1. The molecule has 0 spiro atoms. The molecule has 0 N–H and O–H groups in total. The number of benzene rings is 1. The summed E-state index contributed by atoms with van der Waals surface area (Å²) in [5, 5.41) is 0.115. The van der Waals surface area contributed by atoms with Crippen LogP contribution >= 0.6 is 11.6 Å². The number of alkyl halides is 1. The maximum absolute atomic E-state index is 6.54. The van der Waals surface area contributed by atoms with Gasteiger partial charge in [-0.25, -0.2) is 4.98 Å². The van der Waals surface area contributed by atoms with E-state index in [2.05, 4.69) is 18.8 Å². The van der Waals surface area contributed by atoms with Gasteiger partial charge in [-0.3, -0.25) is 0 Å². The standard InChI is InChI=1S/C16H22ClNO/c1-3-5-8-12(4-2)13(17)11-16-18-14-9-6-7-10-15(14)19-16/h6-7,9-10,12-13H,3-5,8,11H2,1-2H3. The first-order chi connectivity index (χ1) is 9.24. The highest BCUT2D eigenvalue weighted by atomic mass is 35.5. The molecule has 0 bridgehead atoms. The number of para-hydroxylation sites is 2. The number of fused-ring (bicyclic) bond motifs is 1. The van der Waals surface area contributed by atoms with Gasteiger partial charge >= 0.3 is 0 Å². The van der Waals surface area contributed by atoms with Crippen LogP contribution in [0.15, 0.2) is 28.7 Å². The maximum Gasteiger partial charge on any atom is 0.196 e. The first-order valence-corrected chi connectivity index (χ1v) is 7.66. The van der Waals surface area contributed by atoms with Crippen LogP contribution in [0, 0.1) is 5.92 Å². The van der Waals surface area contributed by atoms with Crippen molar-refractivity contribution in [3.63, 3.8) is 0 Å². The Morgan fingerprint density at radius 1 is 1.26 bits per heavy atom. The summed E-state index contributed by atoms with van der Waals surface area (Å²) in [7, 11) is 0. The van der Waals surface area contributed by atoms with E-state index in [9.17, 15) is 0 Å². The molecule has 0 saturated heterocycles. The fourth-order valence-electron chi connectivity index (χ4n) is 2.45. The fraction of sp³-hybridized carbons (Fsp3) is 0.562. The molecule has 2 aromatic rings. The fourth-order valence-corrected chi connectivity index (χ4v) is 2.88. The van der Waals surface area contributed by atoms with Crippen LogP contribution in [-0.4, -0.2) is 10.4 Å². The van der Waals surface area contributed by atoms with Crippen LogP contribution in [0.2, 0.25) is 0 Å². The van der Waals surface area contributed by atoms with Crippen LogP contribution in [0.4, 0.5) is 0 Å². The molecule has 19 heavy (non-hydrogen) atoms. The molecule has 0 aliphatic carbocycles. The summed E-state index contributed by atoms with van der Waals surface area (Å²) < 4.78 is 5.74. The van der Waals surface area contributed by atoms with Crippen molar-refractivity contribution < 1.29 is 4.42 Å². The predicted molar refractivity (Wildman–Crippen MR) is 80.7 cm³/mol. The van der Waals surface area contributed by atoms with E-state index in [-0.39, 0.29) is 5.38 Å². The number of hydrogen-bond acceptors (Lipinski definition) is 2. The Morgan fingerprint density at radius 3 is 2.74 bits per heavy atom. The van der Waals surface area contributed by atoms with E-state index < -0.39 is 0 Å². The van der Waals surface area contributed by atoms with Gasteiger partial charge in [-0.05, 0) is 24.5 Å². The molecule has 0 fully saturated rings. The van der Waals surface area contributed by atoms with Crippen molar-refractivity contribution in [3.05, 3.63) is 30.2 Å². The minimum atomic E-state index is 0.115. The van der Waals surface area contributed by atoms with Crippen LogP contribution in [0.5, 0.6) is 0 Å². The van der Waals surface area contributed by atoms with Gasteiger partial charge in [-0.15, -0.1) is 11.6 Å². The molecule has 2 unspecified atom stereocenters. The van der Waals surface area contributed by atoms with Gasteiger partial charge in [0.1, 0.15) is 5.52 Å². The van der Waals surface area contributed by atoms with Gasteiger partial charge in [0, 0.05) is 11.8 Å². The largest absolute Gasteiger partial charge is 0.441 e. The second-order valence-electron chi connectivity index (χ2n) is 5.11. The van der Waals surface area contributed by atoms with E-state index in [4.69, 9.17) is 16.0 Å². The lowest BCUT2D eigenvalue weighted by molar-refractivity contribution is 0.406. The zero-order valence-corrected chi connectivity index (χ0v) is 12.5. The number of hydrogen-bond donors (Lipinski definition) is 0. The monoisotopic (exact) mass is 279 g/mol. The second kappa shape index (κ2) is 6.95. The lowest BCUT2D eigenvalue weighted by atomic mass is 9.94. The number of rotatable bonds is 7. The number of halogens is 1. The zero-order chi connectivity index (χ0) is 13.7. The molecule has 2 nitrogen and oxygen atoms in total. The normalized spacial score (nSPS) is 14.7. The molecule has 1 aromatic carbocycles. The van der Waals surface area contributed by atoms with Crippen LogP contribution in [0.1, 0.15) is 45.4 Å². The minimum absolute atomic E-state index is 0.115. The summed E-state index contributed by atoms with van der Waals surface area (Å²) in [5.74, 6) is 1.31. The Bertz CT molecular complexity index is 475. The molecule has 1 heterocycles. The molecule has 0 saturated carbocycles. The first kappa shape index (κ1) is 14.4. The van der Waals surface area contributed by atoms with E-state index in [1.54, 1.807) is 0 Å². The second-order valence-corrected chi connectivity index (χ2v) is 5.67. The summed E-state index contributed by atoms with van der Waals surface area (Å²) >= 11 is 6.54. The summed E-state index contributed by atoms with van der Waals surface area (Å²) in [6.07, 6.45) is 5.51. The van der Waals surface area contributed by atoms with Gasteiger partial charge in [0.15, 0.2) is 11.5 Å². The van der Waals surface area contributed by atoms with Crippen molar-refractivity contribution in [1.29, 1.82) is 0 Å². The number of nitrogens with zero attached hydrogens (tertiary/aromatic N) is 1. The average molecular weight is 280 g/mol. The van der Waals surface area contributed by atoms with E-state index in [1.165, 1.54) is 19.3 Å². The van der Waals surface area contributed by atoms with Crippen molar-refractivity contribution in [2.75, 3.05) is 0 Å². The quantitative estimate of drug-likeness (QED) is 0.652. The molecular weight excluding hydrogens is 258 g/mol. The van der Waals surface area contributed by atoms with Crippen LogP contribution in [0.25, 0.3) is 11.1 Å². The Balaban J connectivity index is 2.02. The van der Waals surface area contributed by atoms with Gasteiger partial charge in [-0.2, -0.15) is 0 Å². The molecule has 2 atom stereocenters. The lowest BCUT2D eigenvalue weighted by Crippen LogP contribution is -2.17. The molecule has 0 amide bonds. The van der Waals surface area contributed by atoms with Gasteiger partial charge in [0.2, 0.25) is 0 Å². The maximum atomic E-state index is 6.54. The minimum Gasteiger partial charge on any atom is -0.441 e. The van der Waals surface area contributed by atoms with Crippen molar-refractivity contribution >= 4 is 22.7 Å². The Hall–Kier alpha value is -1.02. The highest BCUT2D eigenvalue weighted by Gasteiger charge is 2.20. The first-order valence-electron chi connectivity index (χ1n) is 7.23. The number of oxazole rings is 1. The topological polar surface area (TPSA) is 26.0 Å². The van der Waals surface area contributed by atoms with Gasteiger partial charge in [0.05, 0.1) is 0 Å².